The summed E-state index contributed by atoms with van der Waals surface area (Å²) in [7, 11) is -3.19. The normalized spacial score (nSPS) is 25.7. The maximum Gasteiger partial charge on any atom is 0.156 e. The second-order valence-corrected chi connectivity index (χ2v) is 8.21. The van der Waals surface area contributed by atoms with Crippen molar-refractivity contribution in [3.63, 3.8) is 0 Å². The minimum Gasteiger partial charge on any atom is -0.486 e. The summed E-state index contributed by atoms with van der Waals surface area (Å²) >= 11 is 3.41. The van der Waals surface area contributed by atoms with E-state index in [1.807, 2.05) is 26.0 Å². The smallest absolute Gasteiger partial charge is 0.156 e. The third-order valence-electron chi connectivity index (χ3n) is 3.14. The molecule has 1 aromatic rings. The predicted octanol–water partition coefficient (Wildman–Crippen LogP) is 2.11. The van der Waals surface area contributed by atoms with Gasteiger partial charge in [0, 0.05) is 4.47 Å². The third kappa shape index (κ3) is 3.49. The van der Waals surface area contributed by atoms with Crippen LogP contribution < -0.4 is 4.74 Å². The first-order valence-corrected chi connectivity index (χ1v) is 8.74. The van der Waals surface area contributed by atoms with Crippen LogP contribution in [0.2, 0.25) is 0 Å². The number of hydrogen-bond acceptors (Lipinski definition) is 4. The highest BCUT2D eigenvalue weighted by Gasteiger charge is 2.38. The van der Waals surface area contributed by atoms with E-state index in [9.17, 15) is 13.5 Å². The van der Waals surface area contributed by atoms with E-state index in [1.54, 1.807) is 6.07 Å². The van der Waals surface area contributed by atoms with Crippen molar-refractivity contribution in [2.24, 2.45) is 0 Å². The van der Waals surface area contributed by atoms with Gasteiger partial charge < -0.3 is 9.84 Å². The van der Waals surface area contributed by atoms with Crippen molar-refractivity contribution < 1.29 is 18.3 Å². The van der Waals surface area contributed by atoms with E-state index < -0.39 is 22.0 Å². The van der Waals surface area contributed by atoms with Crippen molar-refractivity contribution in [2.45, 2.75) is 32.0 Å². The van der Waals surface area contributed by atoms with Gasteiger partial charge in [0.05, 0.1) is 11.5 Å². The molecule has 0 spiro atoms. The molecular formula is C13H17BrO4S. The Labute approximate surface area is 121 Å². The Morgan fingerprint density at radius 2 is 2.05 bits per heavy atom. The van der Waals surface area contributed by atoms with E-state index in [1.165, 1.54) is 0 Å². The van der Waals surface area contributed by atoms with Gasteiger partial charge in [0.1, 0.15) is 18.0 Å². The van der Waals surface area contributed by atoms with E-state index >= 15 is 0 Å². The van der Waals surface area contributed by atoms with Crippen molar-refractivity contribution in [3.05, 3.63) is 28.2 Å². The molecule has 0 bridgehead atoms. The van der Waals surface area contributed by atoms with Crippen LogP contribution in [-0.2, 0) is 9.84 Å². The fourth-order valence-corrected chi connectivity index (χ4v) is 4.19. The lowest BCUT2D eigenvalue weighted by atomic mass is 10.0. The van der Waals surface area contributed by atoms with Gasteiger partial charge in [0.25, 0.3) is 0 Å². The van der Waals surface area contributed by atoms with Gasteiger partial charge in [0.2, 0.25) is 0 Å². The number of halogens is 1. The Kier molecular flexibility index (Phi) is 4.23. The van der Waals surface area contributed by atoms with Crippen LogP contribution >= 0.6 is 15.9 Å². The molecule has 2 rings (SSSR count). The van der Waals surface area contributed by atoms with Crippen LogP contribution in [0.3, 0.4) is 0 Å². The molecule has 0 radical (unpaired) electrons. The molecule has 4 nitrogen and oxygen atoms in total. The number of hydrogen-bond donors (Lipinski definition) is 1. The highest BCUT2D eigenvalue weighted by molar-refractivity contribution is 9.10. The molecular weight excluding hydrogens is 332 g/mol. The largest absolute Gasteiger partial charge is 0.486 e. The van der Waals surface area contributed by atoms with Crippen LogP contribution in [0.5, 0.6) is 5.75 Å². The van der Waals surface area contributed by atoms with Crippen molar-refractivity contribution in [3.8, 4) is 5.75 Å². The topological polar surface area (TPSA) is 63.6 Å². The van der Waals surface area contributed by atoms with Gasteiger partial charge in [-0.2, -0.15) is 0 Å². The molecule has 1 heterocycles. The van der Waals surface area contributed by atoms with Gasteiger partial charge in [-0.25, -0.2) is 8.42 Å². The monoisotopic (exact) mass is 348 g/mol. The minimum atomic E-state index is -3.19. The average Bonchev–Trinajstić information content (AvgIpc) is 2.54. The maximum atomic E-state index is 11.5. The van der Waals surface area contributed by atoms with Crippen LogP contribution in [-0.4, -0.2) is 37.2 Å². The maximum absolute atomic E-state index is 11.5. The average molecular weight is 349 g/mol. The highest BCUT2D eigenvalue weighted by Crippen LogP contribution is 2.31. The van der Waals surface area contributed by atoms with Gasteiger partial charge in [0.15, 0.2) is 9.84 Å². The molecule has 0 aliphatic carbocycles. The van der Waals surface area contributed by atoms with E-state index in [4.69, 9.17) is 4.74 Å². The van der Waals surface area contributed by atoms with E-state index in [-0.39, 0.29) is 17.4 Å². The van der Waals surface area contributed by atoms with Crippen molar-refractivity contribution in [2.75, 3.05) is 11.5 Å². The Hall–Kier alpha value is -0.590. The van der Waals surface area contributed by atoms with Crippen molar-refractivity contribution in [1.82, 2.24) is 0 Å². The predicted molar refractivity (Wildman–Crippen MR) is 77.3 cm³/mol. The summed E-state index contributed by atoms with van der Waals surface area (Å²) in [4.78, 5) is 0. The third-order valence-corrected chi connectivity index (χ3v) is 5.32. The summed E-state index contributed by atoms with van der Waals surface area (Å²) in [6, 6.07) is 5.60. The van der Waals surface area contributed by atoms with Gasteiger partial charge in [-0.3, -0.25) is 0 Å². The van der Waals surface area contributed by atoms with E-state index in [2.05, 4.69) is 15.9 Å². The van der Waals surface area contributed by atoms with E-state index in [0.29, 0.717) is 5.75 Å². The number of sulfone groups is 1. The summed E-state index contributed by atoms with van der Waals surface area (Å²) in [6.45, 7) is 4.08. The van der Waals surface area contributed by atoms with E-state index in [0.717, 1.165) is 10.0 Å². The van der Waals surface area contributed by atoms with Crippen LogP contribution in [0, 0.1) is 0 Å². The van der Waals surface area contributed by atoms with Gasteiger partial charge in [-0.05, 0) is 29.7 Å². The summed E-state index contributed by atoms with van der Waals surface area (Å²) in [5.74, 6) is 0.550. The number of benzene rings is 1. The summed E-state index contributed by atoms with van der Waals surface area (Å²) in [5.41, 5.74) is 0.992. The molecule has 0 saturated carbocycles. The molecule has 2 unspecified atom stereocenters. The molecule has 1 aliphatic heterocycles. The zero-order valence-electron chi connectivity index (χ0n) is 10.8. The van der Waals surface area contributed by atoms with Crippen LogP contribution in [0.4, 0.5) is 0 Å². The first-order valence-electron chi connectivity index (χ1n) is 6.13. The second-order valence-electron chi connectivity index (χ2n) is 5.14. The SMILES string of the molecule is CC(C)c1cc(Br)ccc1OC1CS(=O)(=O)CC1O. The molecule has 2 atom stereocenters. The Balaban J connectivity index is 2.25. The van der Waals surface area contributed by atoms with Gasteiger partial charge in [-0.15, -0.1) is 0 Å². The summed E-state index contributed by atoms with van der Waals surface area (Å²) < 4.78 is 29.6. The molecule has 1 aromatic carbocycles. The molecule has 106 valence electrons. The molecule has 1 saturated heterocycles. The molecule has 1 fully saturated rings. The molecule has 0 amide bonds. The number of rotatable bonds is 3. The van der Waals surface area contributed by atoms with Crippen LogP contribution in [0.1, 0.15) is 25.3 Å². The zero-order valence-corrected chi connectivity index (χ0v) is 13.2. The lowest BCUT2D eigenvalue weighted by molar-refractivity contribution is 0.0729. The quantitative estimate of drug-likeness (QED) is 0.908. The standard InChI is InChI=1S/C13H17BrO4S/c1-8(2)10-5-9(14)3-4-12(10)18-13-7-19(16,17)6-11(13)15/h3-5,8,11,13,15H,6-7H2,1-2H3. The minimum absolute atomic E-state index is 0.123. The molecule has 1 N–H and O–H groups in total. The first-order chi connectivity index (χ1) is 8.78. The Bertz CT molecular complexity index is 568. The van der Waals surface area contributed by atoms with Crippen LogP contribution in [0.25, 0.3) is 0 Å². The Morgan fingerprint density at radius 3 is 2.58 bits per heavy atom. The number of ether oxygens (including phenoxy) is 1. The van der Waals surface area contributed by atoms with Crippen molar-refractivity contribution >= 4 is 25.8 Å². The lowest BCUT2D eigenvalue weighted by Crippen LogP contribution is -2.30. The zero-order chi connectivity index (χ0) is 14.2. The number of aliphatic hydroxyl groups excluding tert-OH is 1. The molecule has 6 heteroatoms. The summed E-state index contributed by atoms with van der Waals surface area (Å²) in [6.07, 6.45) is -1.63. The fourth-order valence-electron chi connectivity index (χ4n) is 2.15. The summed E-state index contributed by atoms with van der Waals surface area (Å²) in [5, 5.41) is 9.76. The van der Waals surface area contributed by atoms with Crippen LogP contribution in [0.15, 0.2) is 22.7 Å². The van der Waals surface area contributed by atoms with Crippen molar-refractivity contribution in [1.29, 1.82) is 0 Å². The molecule has 1 aliphatic rings. The number of aliphatic hydroxyl groups is 1. The highest BCUT2D eigenvalue weighted by atomic mass is 79.9. The second kappa shape index (κ2) is 5.42. The fraction of sp³-hybridized carbons (Fsp3) is 0.538. The lowest BCUT2D eigenvalue weighted by Gasteiger charge is -2.20. The Morgan fingerprint density at radius 1 is 1.37 bits per heavy atom. The van der Waals surface area contributed by atoms with Gasteiger partial charge >= 0.3 is 0 Å². The first kappa shape index (κ1) is 14.8. The van der Waals surface area contributed by atoms with Gasteiger partial charge in [-0.1, -0.05) is 29.8 Å². The molecule has 19 heavy (non-hydrogen) atoms. The molecule has 0 aromatic heterocycles.